The fourth-order valence-corrected chi connectivity index (χ4v) is 4.03. The highest BCUT2D eigenvalue weighted by Crippen LogP contribution is 2.32. The van der Waals surface area contributed by atoms with Gasteiger partial charge in [0, 0.05) is 0 Å². The molecule has 174 valence electrons. The first-order valence-electron chi connectivity index (χ1n) is 9.58. The zero-order valence-electron chi connectivity index (χ0n) is 18.3. The van der Waals surface area contributed by atoms with Gasteiger partial charge in [-0.15, -0.1) is 0 Å². The minimum absolute atomic E-state index is 0.0239. The average molecular weight is 468 g/mol. The van der Waals surface area contributed by atoms with E-state index in [2.05, 4.69) is 20.3 Å². The van der Waals surface area contributed by atoms with Crippen LogP contribution in [0.25, 0.3) is 0 Å². The topological polar surface area (TPSA) is 151 Å². The number of ether oxygens (including phenoxy) is 4. The molecule has 2 aromatic rings. The first-order valence-corrected chi connectivity index (χ1v) is 11.1. The number of carbonyl (C=O) groups excluding carboxylic acids is 1. The molecule has 2 N–H and O–H groups in total. The maximum absolute atomic E-state index is 12.8. The molecule has 1 aliphatic heterocycles. The van der Waals surface area contributed by atoms with Gasteiger partial charge in [0.15, 0.2) is 5.79 Å². The number of anilines is 1. The third-order valence-corrected chi connectivity index (χ3v) is 5.62. The van der Waals surface area contributed by atoms with Crippen LogP contribution in [0, 0.1) is 6.92 Å². The van der Waals surface area contributed by atoms with Gasteiger partial charge in [-0.1, -0.05) is 12.1 Å². The zero-order chi connectivity index (χ0) is 23.6. The van der Waals surface area contributed by atoms with Crippen molar-refractivity contribution in [3.63, 3.8) is 0 Å². The van der Waals surface area contributed by atoms with Gasteiger partial charge in [0.05, 0.1) is 13.7 Å². The molecule has 1 aromatic heterocycles. The highest BCUT2D eigenvalue weighted by molar-refractivity contribution is 7.90. The number of methoxy groups -OCH3 is 1. The Hall–Kier alpha value is -3.03. The van der Waals surface area contributed by atoms with Crippen molar-refractivity contribution < 1.29 is 32.2 Å². The van der Waals surface area contributed by atoms with Gasteiger partial charge < -0.3 is 18.9 Å². The van der Waals surface area contributed by atoms with E-state index < -0.39 is 27.4 Å². The lowest BCUT2D eigenvalue weighted by molar-refractivity contribution is -0.163. The Morgan fingerprint density at radius 3 is 2.56 bits per heavy atom. The summed E-state index contributed by atoms with van der Waals surface area (Å²) in [6.45, 7) is 7.25. The molecule has 1 aliphatic rings. The van der Waals surface area contributed by atoms with Crippen molar-refractivity contribution in [3.05, 3.63) is 30.1 Å². The van der Waals surface area contributed by atoms with Crippen molar-refractivity contribution in [1.82, 2.24) is 19.7 Å². The van der Waals surface area contributed by atoms with Gasteiger partial charge in [0.1, 0.15) is 28.7 Å². The lowest BCUT2D eigenvalue weighted by Crippen LogP contribution is -2.38. The number of para-hydroxylation sites is 1. The molecule has 1 aromatic carbocycles. The van der Waals surface area contributed by atoms with Crippen LogP contribution >= 0.6 is 0 Å². The lowest BCUT2D eigenvalue weighted by atomic mass is 10.1. The molecule has 12 nitrogen and oxygen atoms in total. The van der Waals surface area contributed by atoms with E-state index in [-0.39, 0.29) is 41.6 Å². The number of urea groups is 1. The van der Waals surface area contributed by atoms with Gasteiger partial charge in [0.25, 0.3) is 10.0 Å². The minimum atomic E-state index is -4.29. The summed E-state index contributed by atoms with van der Waals surface area (Å²) in [6, 6.07) is 4.85. The summed E-state index contributed by atoms with van der Waals surface area (Å²) in [5.41, 5.74) is -0.763. The Balaban J connectivity index is 1.72. The highest BCUT2D eigenvalue weighted by atomic mass is 32.2. The molecule has 32 heavy (non-hydrogen) atoms. The summed E-state index contributed by atoms with van der Waals surface area (Å²) < 4.78 is 49.6. The number of hydrogen-bond donors (Lipinski definition) is 2. The molecule has 0 spiro atoms. The maximum Gasteiger partial charge on any atom is 0.335 e. The molecule has 0 radical (unpaired) electrons. The number of carbonyl (C=O) groups is 1. The smallest absolute Gasteiger partial charge is 0.335 e. The molecular formula is C19H25N5O7S. The number of nitrogens with zero attached hydrogens (tertiary/aromatic N) is 3. The molecule has 1 saturated heterocycles. The van der Waals surface area contributed by atoms with Crippen LogP contribution in [0.2, 0.25) is 0 Å². The van der Waals surface area contributed by atoms with Crippen molar-refractivity contribution in [3.8, 4) is 11.8 Å². The van der Waals surface area contributed by atoms with Crippen molar-refractivity contribution in [2.24, 2.45) is 0 Å². The number of aromatic nitrogens is 3. The third-order valence-electron chi connectivity index (χ3n) is 4.25. The normalized spacial score (nSPS) is 19.9. The Morgan fingerprint density at radius 1 is 1.19 bits per heavy atom. The van der Waals surface area contributed by atoms with E-state index in [1.165, 1.54) is 25.3 Å². The van der Waals surface area contributed by atoms with Crippen LogP contribution in [-0.4, -0.2) is 61.1 Å². The van der Waals surface area contributed by atoms with Crippen molar-refractivity contribution in [1.29, 1.82) is 0 Å². The average Bonchev–Trinajstić information content (AvgIpc) is 2.98. The predicted molar refractivity (Wildman–Crippen MR) is 112 cm³/mol. The van der Waals surface area contributed by atoms with Crippen LogP contribution in [0.1, 0.15) is 26.6 Å². The number of sulfonamides is 1. The van der Waals surface area contributed by atoms with Crippen molar-refractivity contribution >= 4 is 22.0 Å². The number of rotatable bonds is 7. The molecule has 2 amide bonds. The summed E-state index contributed by atoms with van der Waals surface area (Å²) in [7, 11) is -2.93. The number of hydrogen-bond acceptors (Lipinski definition) is 10. The van der Waals surface area contributed by atoms with Crippen molar-refractivity contribution in [2.75, 3.05) is 25.6 Å². The maximum atomic E-state index is 12.8. The first kappa shape index (κ1) is 23.6. The van der Waals surface area contributed by atoms with Crippen LogP contribution in [0.3, 0.4) is 0 Å². The molecule has 0 aliphatic carbocycles. The molecule has 1 atom stereocenters. The summed E-state index contributed by atoms with van der Waals surface area (Å²) in [5.74, 6) is -0.594. The quantitative estimate of drug-likeness (QED) is 0.614. The molecule has 2 heterocycles. The SMILES string of the molecule is COc1nc(C)nc(NC(=O)NS(=O)(=O)c2ccccc2OCC2(C)COC(C)(C)O2)n1. The summed E-state index contributed by atoms with van der Waals surface area (Å²) >= 11 is 0. The van der Waals surface area contributed by atoms with E-state index in [0.29, 0.717) is 0 Å². The van der Waals surface area contributed by atoms with Crippen LogP contribution in [0.4, 0.5) is 10.7 Å². The summed E-state index contributed by atoms with van der Waals surface area (Å²) in [4.78, 5) is 23.7. The van der Waals surface area contributed by atoms with Crippen LogP contribution in [-0.2, 0) is 19.5 Å². The Labute approximate surface area is 185 Å². The van der Waals surface area contributed by atoms with Crippen molar-refractivity contribution in [2.45, 2.75) is 44.0 Å². The monoisotopic (exact) mass is 467 g/mol. The van der Waals surface area contributed by atoms with E-state index in [1.54, 1.807) is 33.8 Å². The Morgan fingerprint density at radius 2 is 1.91 bits per heavy atom. The first-order chi connectivity index (χ1) is 14.9. The second-order valence-corrected chi connectivity index (χ2v) is 9.38. The largest absolute Gasteiger partial charge is 0.489 e. The summed E-state index contributed by atoms with van der Waals surface area (Å²) in [6.07, 6.45) is 0. The molecule has 0 bridgehead atoms. The van der Waals surface area contributed by atoms with Crippen LogP contribution < -0.4 is 19.5 Å². The van der Waals surface area contributed by atoms with Crippen LogP contribution in [0.5, 0.6) is 11.8 Å². The molecule has 0 saturated carbocycles. The molecule has 13 heteroatoms. The second-order valence-electron chi connectivity index (χ2n) is 7.73. The van der Waals surface area contributed by atoms with E-state index in [9.17, 15) is 13.2 Å². The third kappa shape index (κ3) is 5.81. The van der Waals surface area contributed by atoms with E-state index in [4.69, 9.17) is 18.9 Å². The molecule has 1 fully saturated rings. The number of benzene rings is 1. The lowest BCUT2D eigenvalue weighted by Gasteiger charge is -2.25. The number of amides is 2. The molecular weight excluding hydrogens is 442 g/mol. The highest BCUT2D eigenvalue weighted by Gasteiger charge is 2.42. The van der Waals surface area contributed by atoms with Gasteiger partial charge >= 0.3 is 12.0 Å². The molecule has 3 rings (SSSR count). The van der Waals surface area contributed by atoms with Gasteiger partial charge in [-0.25, -0.2) is 17.9 Å². The number of nitrogens with one attached hydrogen (secondary N) is 2. The second kappa shape index (κ2) is 8.84. The summed E-state index contributed by atoms with van der Waals surface area (Å²) in [5, 5.41) is 2.25. The zero-order valence-corrected chi connectivity index (χ0v) is 19.1. The van der Waals surface area contributed by atoms with Crippen LogP contribution in [0.15, 0.2) is 29.2 Å². The van der Waals surface area contributed by atoms with Gasteiger partial charge in [-0.05, 0) is 39.8 Å². The fraction of sp³-hybridized carbons (Fsp3) is 0.474. The van der Waals surface area contributed by atoms with Gasteiger partial charge in [0.2, 0.25) is 5.95 Å². The van der Waals surface area contributed by atoms with Gasteiger partial charge in [-0.3, -0.25) is 5.32 Å². The predicted octanol–water partition coefficient (Wildman–Crippen LogP) is 1.62. The fourth-order valence-electron chi connectivity index (χ4n) is 2.98. The Bertz CT molecular complexity index is 1110. The minimum Gasteiger partial charge on any atom is -0.489 e. The van der Waals surface area contributed by atoms with E-state index >= 15 is 0 Å². The van der Waals surface area contributed by atoms with Gasteiger partial charge in [-0.2, -0.15) is 15.0 Å². The number of aryl methyl sites for hydroxylation is 1. The van der Waals surface area contributed by atoms with E-state index in [0.717, 1.165) is 0 Å². The molecule has 1 unspecified atom stereocenters. The standard InChI is InChI=1S/C19H25N5O7S/c1-12-20-15(23-17(21-12)28-5)22-16(25)24-32(26,27)14-9-7-6-8-13(14)29-10-19(4)11-30-18(2,3)31-19/h6-9H,10-11H2,1-5H3,(H2,20,21,22,23,24,25). The Kier molecular flexibility index (Phi) is 6.53. The van der Waals surface area contributed by atoms with E-state index in [1.807, 2.05) is 4.72 Å².